The van der Waals surface area contributed by atoms with Crippen LogP contribution < -0.4 is 5.32 Å². The average molecular weight is 296 g/mol. The first kappa shape index (κ1) is 13.5. The zero-order chi connectivity index (χ0) is 13.9. The largest absolute Gasteiger partial charge is 0.338 e. The molecule has 1 aromatic heterocycles. The summed E-state index contributed by atoms with van der Waals surface area (Å²) in [7, 11) is 0. The molecule has 0 unspecified atom stereocenters. The average Bonchev–Trinajstić information content (AvgIpc) is 2.93. The van der Waals surface area contributed by atoms with Gasteiger partial charge in [0, 0.05) is 17.0 Å². The molecule has 1 N–H and O–H groups in total. The molecule has 6 heteroatoms. The van der Waals surface area contributed by atoms with Gasteiger partial charge in [-0.3, -0.25) is 0 Å². The fourth-order valence-electron chi connectivity index (χ4n) is 2.40. The van der Waals surface area contributed by atoms with E-state index in [2.05, 4.69) is 15.5 Å². The van der Waals surface area contributed by atoms with E-state index < -0.39 is 0 Å². The van der Waals surface area contributed by atoms with Gasteiger partial charge < -0.3 is 9.84 Å². The van der Waals surface area contributed by atoms with Gasteiger partial charge in [-0.15, -0.1) is 0 Å². The predicted molar refractivity (Wildman–Crippen MR) is 73.1 cm³/mol. The van der Waals surface area contributed by atoms with Crippen molar-refractivity contribution in [3.63, 3.8) is 0 Å². The molecule has 20 heavy (non-hydrogen) atoms. The molecule has 106 valence electrons. The van der Waals surface area contributed by atoms with Crippen molar-refractivity contribution in [2.45, 2.75) is 31.7 Å². The molecule has 0 amide bonds. The minimum Gasteiger partial charge on any atom is -0.338 e. The molecular weight excluding hydrogens is 281 g/mol. The van der Waals surface area contributed by atoms with Crippen molar-refractivity contribution in [1.82, 2.24) is 15.5 Å². The van der Waals surface area contributed by atoms with Crippen molar-refractivity contribution in [1.29, 1.82) is 0 Å². The Morgan fingerprint density at radius 2 is 2.30 bits per heavy atom. The molecule has 2 heterocycles. The van der Waals surface area contributed by atoms with Crippen molar-refractivity contribution < 1.29 is 8.91 Å². The maximum absolute atomic E-state index is 13.7. The SMILES string of the molecule is Fc1cccc(Cl)c1Cc1noc([C@@H]2CCCCN2)n1. The zero-order valence-electron chi connectivity index (χ0n) is 10.9. The lowest BCUT2D eigenvalue weighted by atomic mass is 10.1. The highest BCUT2D eigenvalue weighted by Gasteiger charge is 2.21. The minimum atomic E-state index is -0.348. The lowest BCUT2D eigenvalue weighted by Gasteiger charge is -2.19. The summed E-state index contributed by atoms with van der Waals surface area (Å²) in [6.07, 6.45) is 3.54. The highest BCUT2D eigenvalue weighted by Crippen LogP contribution is 2.24. The number of piperidine rings is 1. The molecule has 4 nitrogen and oxygen atoms in total. The van der Waals surface area contributed by atoms with E-state index in [1.54, 1.807) is 12.1 Å². The number of nitrogens with zero attached hydrogens (tertiary/aromatic N) is 2. The van der Waals surface area contributed by atoms with Gasteiger partial charge in [-0.2, -0.15) is 4.98 Å². The zero-order valence-corrected chi connectivity index (χ0v) is 11.7. The topological polar surface area (TPSA) is 51.0 Å². The Morgan fingerprint density at radius 3 is 3.05 bits per heavy atom. The van der Waals surface area contributed by atoms with E-state index >= 15 is 0 Å². The Labute approximate surface area is 121 Å². The standard InChI is InChI=1S/C14H15ClFN3O/c15-10-4-3-5-11(16)9(10)8-13-18-14(20-19-13)12-6-1-2-7-17-12/h3-5,12,17H,1-2,6-8H2/t12-/m0/s1. The van der Waals surface area contributed by atoms with Gasteiger partial charge >= 0.3 is 0 Å². The van der Waals surface area contributed by atoms with Gasteiger partial charge in [0.2, 0.25) is 5.89 Å². The van der Waals surface area contributed by atoms with E-state index in [0.717, 1.165) is 19.4 Å². The lowest BCUT2D eigenvalue weighted by molar-refractivity contribution is 0.296. The molecule has 1 aliphatic rings. The van der Waals surface area contributed by atoms with Crippen LogP contribution in [-0.4, -0.2) is 16.7 Å². The van der Waals surface area contributed by atoms with Crippen molar-refractivity contribution in [3.05, 3.63) is 46.3 Å². The Hall–Kier alpha value is -1.46. The van der Waals surface area contributed by atoms with E-state index in [0.29, 0.717) is 22.3 Å². The third-order valence-corrected chi connectivity index (χ3v) is 3.84. The highest BCUT2D eigenvalue weighted by atomic mass is 35.5. The van der Waals surface area contributed by atoms with Crippen LogP contribution in [0.2, 0.25) is 5.02 Å². The van der Waals surface area contributed by atoms with E-state index in [-0.39, 0.29) is 18.3 Å². The molecule has 0 aliphatic carbocycles. The summed E-state index contributed by atoms with van der Waals surface area (Å²) in [5.41, 5.74) is 0.401. The molecule has 1 atom stereocenters. The van der Waals surface area contributed by atoms with E-state index in [1.165, 1.54) is 12.5 Å². The maximum atomic E-state index is 13.7. The molecule has 1 aromatic carbocycles. The van der Waals surface area contributed by atoms with E-state index in [9.17, 15) is 4.39 Å². The Kier molecular flexibility index (Phi) is 3.98. The summed E-state index contributed by atoms with van der Waals surface area (Å²) in [6, 6.07) is 4.73. The normalized spacial score (nSPS) is 19.2. The first-order valence-corrected chi connectivity index (χ1v) is 7.10. The highest BCUT2D eigenvalue weighted by molar-refractivity contribution is 6.31. The fraction of sp³-hybridized carbons (Fsp3) is 0.429. The summed E-state index contributed by atoms with van der Waals surface area (Å²) in [5, 5.41) is 7.64. The number of hydrogen-bond acceptors (Lipinski definition) is 4. The smallest absolute Gasteiger partial charge is 0.243 e. The first-order valence-electron chi connectivity index (χ1n) is 6.73. The number of aromatic nitrogens is 2. The predicted octanol–water partition coefficient (Wildman–Crippen LogP) is 3.27. The summed E-state index contributed by atoms with van der Waals surface area (Å²) in [6.45, 7) is 0.960. The quantitative estimate of drug-likeness (QED) is 0.944. The summed E-state index contributed by atoms with van der Waals surface area (Å²) >= 11 is 6.00. The Balaban J connectivity index is 1.77. The Morgan fingerprint density at radius 1 is 1.40 bits per heavy atom. The van der Waals surface area contributed by atoms with Gasteiger partial charge in [0.1, 0.15) is 5.82 Å². The lowest BCUT2D eigenvalue weighted by Crippen LogP contribution is -2.27. The van der Waals surface area contributed by atoms with Crippen LogP contribution in [0.5, 0.6) is 0 Å². The molecule has 0 spiro atoms. The van der Waals surface area contributed by atoms with Crippen molar-refractivity contribution in [2.75, 3.05) is 6.54 Å². The number of benzene rings is 1. The number of hydrogen-bond donors (Lipinski definition) is 1. The van der Waals surface area contributed by atoms with E-state index in [4.69, 9.17) is 16.1 Å². The summed E-state index contributed by atoms with van der Waals surface area (Å²) < 4.78 is 19.0. The van der Waals surface area contributed by atoms with Crippen molar-refractivity contribution >= 4 is 11.6 Å². The second-order valence-electron chi connectivity index (χ2n) is 4.93. The second-order valence-corrected chi connectivity index (χ2v) is 5.34. The monoisotopic (exact) mass is 295 g/mol. The number of rotatable bonds is 3. The van der Waals surface area contributed by atoms with Gasteiger partial charge in [-0.25, -0.2) is 4.39 Å². The molecule has 1 saturated heterocycles. The maximum Gasteiger partial charge on any atom is 0.243 e. The second kappa shape index (κ2) is 5.89. The molecule has 1 fully saturated rings. The van der Waals surface area contributed by atoms with Gasteiger partial charge in [0.15, 0.2) is 5.82 Å². The van der Waals surface area contributed by atoms with Gasteiger partial charge in [-0.1, -0.05) is 29.2 Å². The molecule has 0 radical (unpaired) electrons. The van der Waals surface area contributed by atoms with Crippen LogP contribution in [0.4, 0.5) is 4.39 Å². The van der Waals surface area contributed by atoms with Gasteiger partial charge in [0.25, 0.3) is 0 Å². The summed E-state index contributed by atoms with van der Waals surface area (Å²) in [5.74, 6) is 0.686. The van der Waals surface area contributed by atoms with Crippen LogP contribution >= 0.6 is 11.6 Å². The molecule has 0 bridgehead atoms. The van der Waals surface area contributed by atoms with Crippen molar-refractivity contribution in [2.24, 2.45) is 0 Å². The van der Waals surface area contributed by atoms with Crippen LogP contribution in [0.25, 0.3) is 0 Å². The number of nitrogens with one attached hydrogen (secondary N) is 1. The molecule has 1 aliphatic heterocycles. The first-order chi connectivity index (χ1) is 9.74. The molecule has 3 rings (SSSR count). The van der Waals surface area contributed by atoms with Crippen LogP contribution in [0.15, 0.2) is 22.7 Å². The molecule has 0 saturated carbocycles. The fourth-order valence-corrected chi connectivity index (χ4v) is 2.63. The van der Waals surface area contributed by atoms with E-state index in [1.807, 2.05) is 0 Å². The minimum absolute atomic E-state index is 0.112. The third kappa shape index (κ3) is 2.83. The van der Waals surface area contributed by atoms with Crippen LogP contribution in [0.1, 0.15) is 42.6 Å². The summed E-state index contributed by atoms with van der Waals surface area (Å²) in [4.78, 5) is 4.35. The van der Waals surface area contributed by atoms with Crippen LogP contribution in [0.3, 0.4) is 0 Å². The number of halogens is 2. The Bertz CT molecular complexity index is 576. The van der Waals surface area contributed by atoms with Gasteiger partial charge in [0.05, 0.1) is 6.04 Å². The van der Waals surface area contributed by atoms with Crippen LogP contribution in [-0.2, 0) is 6.42 Å². The molecule has 2 aromatic rings. The molecular formula is C14H15ClFN3O. The third-order valence-electron chi connectivity index (χ3n) is 3.49. The van der Waals surface area contributed by atoms with Crippen molar-refractivity contribution in [3.8, 4) is 0 Å². The van der Waals surface area contributed by atoms with Crippen LogP contribution in [0, 0.1) is 5.82 Å². The van der Waals surface area contributed by atoms with Gasteiger partial charge in [-0.05, 0) is 31.5 Å².